The Labute approximate surface area is 162 Å². The molecule has 2 aromatic rings. The second-order valence-corrected chi connectivity index (χ2v) is 7.08. The molecule has 0 spiro atoms. The van der Waals surface area contributed by atoms with Gasteiger partial charge in [-0.2, -0.15) is 0 Å². The molecule has 1 atom stereocenters. The maximum absolute atomic E-state index is 13.8. The van der Waals surface area contributed by atoms with Crippen LogP contribution < -0.4 is 10.2 Å². The lowest BCUT2D eigenvalue weighted by Gasteiger charge is -2.36. The summed E-state index contributed by atoms with van der Waals surface area (Å²) in [5.41, 5.74) is 1.27. The van der Waals surface area contributed by atoms with Crippen LogP contribution >= 0.6 is 11.6 Å². The van der Waals surface area contributed by atoms with Crippen molar-refractivity contribution in [3.05, 3.63) is 64.7 Å². The molecule has 1 amide bonds. The van der Waals surface area contributed by atoms with E-state index in [-0.39, 0.29) is 18.0 Å². The molecule has 144 valence electrons. The summed E-state index contributed by atoms with van der Waals surface area (Å²) in [6, 6.07) is 10.6. The molecule has 0 saturated carbocycles. The van der Waals surface area contributed by atoms with E-state index in [1.165, 1.54) is 12.1 Å². The van der Waals surface area contributed by atoms with Crippen LogP contribution in [0, 0.1) is 11.6 Å². The van der Waals surface area contributed by atoms with Crippen molar-refractivity contribution < 1.29 is 13.6 Å². The number of anilines is 1. The number of halogens is 3. The predicted molar refractivity (Wildman–Crippen MR) is 103 cm³/mol. The third-order valence-corrected chi connectivity index (χ3v) is 5.06. The molecule has 3 rings (SSSR count). The second kappa shape index (κ2) is 8.67. The first-order chi connectivity index (χ1) is 12.9. The number of hydrogen-bond acceptors (Lipinski definition) is 3. The molecule has 2 aromatic carbocycles. The lowest BCUT2D eigenvalue weighted by Crippen LogP contribution is -2.49. The lowest BCUT2D eigenvalue weighted by molar-refractivity contribution is -0.123. The standard InChI is InChI=1S/C20H22ClF2N3O/c1-14(16-7-6-15(22)12-18(16)23)24-20(27)13-25-8-10-26(11-9-25)19-5-3-2-4-17(19)21/h2-7,12,14H,8-11,13H2,1H3,(H,24,27)/t14-/m1/s1. The van der Waals surface area contributed by atoms with E-state index in [0.717, 1.165) is 43.0 Å². The van der Waals surface area contributed by atoms with Gasteiger partial charge >= 0.3 is 0 Å². The summed E-state index contributed by atoms with van der Waals surface area (Å²) in [4.78, 5) is 16.5. The van der Waals surface area contributed by atoms with Crippen molar-refractivity contribution in [3.8, 4) is 0 Å². The Morgan fingerprint density at radius 3 is 2.52 bits per heavy atom. The molecule has 0 aliphatic carbocycles. The monoisotopic (exact) mass is 393 g/mol. The van der Waals surface area contributed by atoms with E-state index in [1.807, 2.05) is 24.3 Å². The first kappa shape index (κ1) is 19.6. The normalized spacial score (nSPS) is 16.2. The molecule has 1 aliphatic rings. The number of rotatable bonds is 5. The Balaban J connectivity index is 1.50. The average Bonchev–Trinajstić information content (AvgIpc) is 2.62. The van der Waals surface area contributed by atoms with E-state index in [9.17, 15) is 13.6 Å². The van der Waals surface area contributed by atoms with E-state index < -0.39 is 17.7 Å². The zero-order chi connectivity index (χ0) is 19.4. The van der Waals surface area contributed by atoms with Crippen LogP contribution in [-0.2, 0) is 4.79 Å². The third-order valence-electron chi connectivity index (χ3n) is 4.74. The number of para-hydroxylation sites is 1. The fourth-order valence-corrected chi connectivity index (χ4v) is 3.53. The maximum atomic E-state index is 13.8. The minimum Gasteiger partial charge on any atom is -0.368 e. The Morgan fingerprint density at radius 2 is 1.85 bits per heavy atom. The molecule has 1 saturated heterocycles. The summed E-state index contributed by atoms with van der Waals surface area (Å²) in [5.74, 6) is -1.47. The smallest absolute Gasteiger partial charge is 0.234 e. The van der Waals surface area contributed by atoms with E-state index in [1.54, 1.807) is 6.92 Å². The lowest BCUT2D eigenvalue weighted by atomic mass is 10.1. The maximum Gasteiger partial charge on any atom is 0.234 e. The van der Waals surface area contributed by atoms with Crippen LogP contribution in [0.2, 0.25) is 5.02 Å². The summed E-state index contributed by atoms with van der Waals surface area (Å²) in [6.07, 6.45) is 0. The van der Waals surface area contributed by atoms with Crippen molar-refractivity contribution in [2.45, 2.75) is 13.0 Å². The molecule has 1 N–H and O–H groups in total. The summed E-state index contributed by atoms with van der Waals surface area (Å²) < 4.78 is 26.8. The molecule has 27 heavy (non-hydrogen) atoms. The Hall–Kier alpha value is -2.18. The molecule has 7 heteroatoms. The van der Waals surface area contributed by atoms with Crippen molar-refractivity contribution in [1.82, 2.24) is 10.2 Å². The van der Waals surface area contributed by atoms with E-state index in [4.69, 9.17) is 11.6 Å². The first-order valence-corrected chi connectivity index (χ1v) is 9.28. The van der Waals surface area contributed by atoms with Crippen molar-refractivity contribution >= 4 is 23.2 Å². The minimum absolute atomic E-state index is 0.183. The van der Waals surface area contributed by atoms with Crippen LogP contribution in [0.4, 0.5) is 14.5 Å². The van der Waals surface area contributed by atoms with Crippen molar-refractivity contribution in [3.63, 3.8) is 0 Å². The Bertz CT molecular complexity index is 810. The van der Waals surface area contributed by atoms with Crippen LogP contribution in [0.15, 0.2) is 42.5 Å². The largest absolute Gasteiger partial charge is 0.368 e. The van der Waals surface area contributed by atoms with Crippen LogP contribution in [0.1, 0.15) is 18.5 Å². The van der Waals surface area contributed by atoms with Crippen LogP contribution in [0.3, 0.4) is 0 Å². The number of carbonyl (C=O) groups excluding carboxylic acids is 1. The molecule has 1 fully saturated rings. The number of benzene rings is 2. The molecule has 0 aromatic heterocycles. The number of nitrogens with one attached hydrogen (secondary N) is 1. The van der Waals surface area contributed by atoms with Crippen LogP contribution in [0.25, 0.3) is 0 Å². The third kappa shape index (κ3) is 4.96. The van der Waals surface area contributed by atoms with E-state index in [0.29, 0.717) is 0 Å². The Morgan fingerprint density at radius 1 is 1.15 bits per heavy atom. The van der Waals surface area contributed by atoms with E-state index in [2.05, 4.69) is 15.1 Å². The van der Waals surface area contributed by atoms with Crippen molar-refractivity contribution in [2.75, 3.05) is 37.6 Å². The van der Waals surface area contributed by atoms with Gasteiger partial charge in [0.25, 0.3) is 0 Å². The molecule has 0 radical (unpaired) electrons. The summed E-state index contributed by atoms with van der Waals surface area (Å²) in [5, 5.41) is 3.50. The Kier molecular flexibility index (Phi) is 6.29. The fourth-order valence-electron chi connectivity index (χ4n) is 3.28. The van der Waals surface area contributed by atoms with E-state index >= 15 is 0 Å². The molecule has 0 bridgehead atoms. The van der Waals surface area contributed by atoms with Gasteiger partial charge in [0.15, 0.2) is 0 Å². The summed E-state index contributed by atoms with van der Waals surface area (Å²) >= 11 is 6.24. The van der Waals surface area contributed by atoms with Gasteiger partial charge in [-0.05, 0) is 25.1 Å². The zero-order valence-corrected chi connectivity index (χ0v) is 15.8. The van der Waals surface area contributed by atoms with Gasteiger partial charge in [0, 0.05) is 37.8 Å². The number of carbonyl (C=O) groups is 1. The first-order valence-electron chi connectivity index (χ1n) is 8.90. The number of nitrogens with zero attached hydrogens (tertiary/aromatic N) is 2. The highest BCUT2D eigenvalue weighted by Gasteiger charge is 2.21. The predicted octanol–water partition coefficient (Wildman–Crippen LogP) is 3.62. The summed E-state index contributed by atoms with van der Waals surface area (Å²) in [6.45, 7) is 4.95. The second-order valence-electron chi connectivity index (χ2n) is 6.67. The molecule has 4 nitrogen and oxygen atoms in total. The highest BCUT2D eigenvalue weighted by atomic mass is 35.5. The topological polar surface area (TPSA) is 35.6 Å². The highest BCUT2D eigenvalue weighted by Crippen LogP contribution is 2.26. The van der Waals surface area contributed by atoms with Gasteiger partial charge in [0.05, 0.1) is 23.3 Å². The highest BCUT2D eigenvalue weighted by molar-refractivity contribution is 6.33. The number of piperazine rings is 1. The minimum atomic E-state index is -0.656. The SMILES string of the molecule is C[C@@H](NC(=O)CN1CCN(c2ccccc2Cl)CC1)c1ccc(F)cc1F. The van der Waals surface area contributed by atoms with Gasteiger partial charge in [-0.25, -0.2) is 8.78 Å². The van der Waals surface area contributed by atoms with Gasteiger partial charge < -0.3 is 10.2 Å². The molecule has 1 aliphatic heterocycles. The van der Waals surface area contributed by atoms with Crippen LogP contribution in [-0.4, -0.2) is 43.5 Å². The van der Waals surface area contributed by atoms with Gasteiger partial charge in [-0.3, -0.25) is 9.69 Å². The van der Waals surface area contributed by atoms with Gasteiger partial charge in [-0.1, -0.05) is 29.8 Å². The quantitative estimate of drug-likeness (QED) is 0.842. The molecular weight excluding hydrogens is 372 g/mol. The summed E-state index contributed by atoms with van der Waals surface area (Å²) in [7, 11) is 0. The van der Waals surface area contributed by atoms with Crippen LogP contribution in [0.5, 0.6) is 0 Å². The average molecular weight is 394 g/mol. The van der Waals surface area contributed by atoms with Crippen molar-refractivity contribution in [2.24, 2.45) is 0 Å². The molecule has 1 heterocycles. The van der Waals surface area contributed by atoms with Gasteiger partial charge in [-0.15, -0.1) is 0 Å². The fraction of sp³-hybridized carbons (Fsp3) is 0.350. The molecule has 0 unspecified atom stereocenters. The van der Waals surface area contributed by atoms with Crippen molar-refractivity contribution in [1.29, 1.82) is 0 Å². The zero-order valence-electron chi connectivity index (χ0n) is 15.1. The van der Waals surface area contributed by atoms with Gasteiger partial charge in [0.1, 0.15) is 11.6 Å². The number of hydrogen-bond donors (Lipinski definition) is 1. The molecular formula is C20H22ClF2N3O. The van der Waals surface area contributed by atoms with Gasteiger partial charge in [0.2, 0.25) is 5.91 Å². The number of amides is 1.